The first kappa shape index (κ1) is 34.9. The number of carbonyl (C=O) groups excluding carboxylic acids is 2. The molecular formula is C30H36N4O9S2. The van der Waals surface area contributed by atoms with Gasteiger partial charge in [-0.05, 0) is 61.1 Å². The summed E-state index contributed by atoms with van der Waals surface area (Å²) < 4.78 is 73.0. The highest BCUT2D eigenvalue weighted by atomic mass is 32.2. The quantitative estimate of drug-likeness (QED) is 0.139. The minimum Gasteiger partial charge on any atom is -0.496 e. The van der Waals surface area contributed by atoms with Gasteiger partial charge in [0.1, 0.15) is 25.0 Å². The number of benzene rings is 3. The zero-order valence-corrected chi connectivity index (χ0v) is 26.9. The molecule has 0 bridgehead atoms. The Morgan fingerprint density at radius 2 is 1.42 bits per heavy atom. The number of esters is 1. The zero-order chi connectivity index (χ0) is 33.2. The molecule has 3 aromatic carbocycles. The van der Waals surface area contributed by atoms with Crippen molar-refractivity contribution in [3.8, 4) is 5.75 Å². The van der Waals surface area contributed by atoms with Crippen LogP contribution in [0.3, 0.4) is 0 Å². The minimum absolute atomic E-state index is 0.0908. The highest BCUT2D eigenvalue weighted by molar-refractivity contribution is 7.91. The average Bonchev–Trinajstić information content (AvgIpc) is 2.99. The Labute approximate surface area is 262 Å². The molecule has 0 saturated carbocycles. The molecule has 4 N–H and O–H groups in total. The van der Waals surface area contributed by atoms with Gasteiger partial charge in [0.25, 0.3) is 10.0 Å². The smallest absolute Gasteiger partial charge is 0.408 e. The van der Waals surface area contributed by atoms with E-state index in [0.717, 1.165) is 0 Å². The monoisotopic (exact) mass is 660 g/mol. The first-order valence-corrected chi connectivity index (χ1v) is 16.7. The largest absolute Gasteiger partial charge is 0.496 e. The van der Waals surface area contributed by atoms with Gasteiger partial charge >= 0.3 is 12.1 Å². The number of rotatable bonds is 13. The van der Waals surface area contributed by atoms with E-state index in [1.54, 1.807) is 81.4 Å². The SMILES string of the molecule is COc1cc(C)c(S(=O)(=O)/N=C(\N)NS(=O)(=O)CC[C@H](NC(=O)OCc2ccccc2)C(=O)OCc2ccccc2)c(C)c1C. The highest BCUT2D eigenvalue weighted by Gasteiger charge is 2.27. The van der Waals surface area contributed by atoms with Crippen molar-refractivity contribution in [1.29, 1.82) is 0 Å². The van der Waals surface area contributed by atoms with Crippen LogP contribution in [-0.2, 0) is 47.5 Å². The number of nitrogens with one attached hydrogen (secondary N) is 2. The van der Waals surface area contributed by atoms with Gasteiger partial charge in [0.2, 0.25) is 16.0 Å². The lowest BCUT2D eigenvalue weighted by Gasteiger charge is -2.18. The van der Waals surface area contributed by atoms with Crippen LogP contribution in [0.2, 0.25) is 0 Å². The Kier molecular flexibility index (Phi) is 11.9. The van der Waals surface area contributed by atoms with Crippen molar-refractivity contribution in [2.45, 2.75) is 51.3 Å². The lowest BCUT2D eigenvalue weighted by molar-refractivity contribution is -0.147. The first-order chi connectivity index (χ1) is 21.2. The van der Waals surface area contributed by atoms with Gasteiger partial charge in [0, 0.05) is 0 Å². The number of aryl methyl sites for hydroxylation is 1. The van der Waals surface area contributed by atoms with Gasteiger partial charge in [0.05, 0.1) is 17.8 Å². The summed E-state index contributed by atoms with van der Waals surface area (Å²) >= 11 is 0. The fraction of sp³-hybridized carbons (Fsp3) is 0.300. The van der Waals surface area contributed by atoms with Crippen LogP contribution < -0.4 is 20.5 Å². The molecule has 0 aliphatic heterocycles. The number of nitrogens with zero attached hydrogens (tertiary/aromatic N) is 1. The van der Waals surface area contributed by atoms with Crippen LogP contribution >= 0.6 is 0 Å². The Balaban J connectivity index is 1.72. The molecule has 0 saturated heterocycles. The van der Waals surface area contributed by atoms with Crippen molar-refractivity contribution in [3.63, 3.8) is 0 Å². The summed E-state index contributed by atoms with van der Waals surface area (Å²) in [7, 11) is -7.33. The van der Waals surface area contributed by atoms with E-state index in [0.29, 0.717) is 33.6 Å². The summed E-state index contributed by atoms with van der Waals surface area (Å²) in [5.74, 6) is -2.08. The molecule has 0 radical (unpaired) electrons. The van der Waals surface area contributed by atoms with E-state index in [-0.39, 0.29) is 18.1 Å². The van der Waals surface area contributed by atoms with E-state index in [9.17, 15) is 26.4 Å². The lowest BCUT2D eigenvalue weighted by atomic mass is 10.1. The van der Waals surface area contributed by atoms with E-state index in [2.05, 4.69) is 9.71 Å². The fourth-order valence-corrected chi connectivity index (χ4v) is 6.76. The number of nitrogens with two attached hydrogens (primary N) is 1. The highest BCUT2D eigenvalue weighted by Crippen LogP contribution is 2.31. The number of hydrogen-bond donors (Lipinski definition) is 3. The molecule has 0 unspecified atom stereocenters. The maximum Gasteiger partial charge on any atom is 0.408 e. The fourth-order valence-electron chi connectivity index (χ4n) is 4.29. The molecule has 0 heterocycles. The maximum atomic E-state index is 13.1. The van der Waals surface area contributed by atoms with E-state index < -0.39 is 56.3 Å². The van der Waals surface area contributed by atoms with Gasteiger partial charge in [0.15, 0.2) is 0 Å². The number of ether oxygens (including phenoxy) is 3. The zero-order valence-electron chi connectivity index (χ0n) is 25.3. The summed E-state index contributed by atoms with van der Waals surface area (Å²) in [5, 5.41) is 2.34. The summed E-state index contributed by atoms with van der Waals surface area (Å²) in [4.78, 5) is 25.3. The van der Waals surface area contributed by atoms with E-state index in [4.69, 9.17) is 19.9 Å². The minimum atomic E-state index is -4.43. The molecule has 0 aliphatic carbocycles. The van der Waals surface area contributed by atoms with Gasteiger partial charge < -0.3 is 25.3 Å². The Morgan fingerprint density at radius 1 is 0.867 bits per heavy atom. The van der Waals surface area contributed by atoms with Crippen LogP contribution in [0.5, 0.6) is 5.75 Å². The van der Waals surface area contributed by atoms with Gasteiger partial charge in [-0.25, -0.2) is 18.0 Å². The number of carbonyl (C=O) groups is 2. The number of guanidine groups is 1. The lowest BCUT2D eigenvalue weighted by Crippen LogP contribution is -2.45. The third-order valence-electron chi connectivity index (χ3n) is 6.62. The molecule has 1 atom stereocenters. The molecule has 242 valence electrons. The molecular weight excluding hydrogens is 624 g/mol. The first-order valence-electron chi connectivity index (χ1n) is 13.7. The third kappa shape index (κ3) is 10.2. The predicted molar refractivity (Wildman–Crippen MR) is 167 cm³/mol. The maximum absolute atomic E-state index is 13.1. The van der Waals surface area contributed by atoms with Crippen molar-refractivity contribution in [2.24, 2.45) is 10.1 Å². The molecule has 15 heteroatoms. The summed E-state index contributed by atoms with van der Waals surface area (Å²) in [6, 6.07) is 17.6. The van der Waals surface area contributed by atoms with Crippen LogP contribution in [0.4, 0.5) is 4.79 Å². The van der Waals surface area contributed by atoms with E-state index in [1.807, 2.05) is 4.72 Å². The van der Waals surface area contributed by atoms with Crippen molar-refractivity contribution < 1.29 is 40.6 Å². The number of hydrogen-bond acceptors (Lipinski definition) is 9. The normalized spacial score (nSPS) is 12.6. The van der Waals surface area contributed by atoms with Gasteiger partial charge in [-0.3, -0.25) is 4.72 Å². The number of amides is 1. The van der Waals surface area contributed by atoms with Crippen molar-refractivity contribution in [3.05, 3.63) is 94.5 Å². The Bertz CT molecular complexity index is 1750. The predicted octanol–water partition coefficient (Wildman–Crippen LogP) is 2.97. The summed E-state index contributed by atoms with van der Waals surface area (Å²) in [5.41, 5.74) is 8.34. The average molecular weight is 661 g/mol. The summed E-state index contributed by atoms with van der Waals surface area (Å²) in [6.07, 6.45) is -1.43. The van der Waals surface area contributed by atoms with Crippen molar-refractivity contribution in [1.82, 2.24) is 10.0 Å². The number of methoxy groups -OCH3 is 1. The van der Waals surface area contributed by atoms with E-state index in [1.165, 1.54) is 13.2 Å². The van der Waals surface area contributed by atoms with Crippen LogP contribution in [0.15, 0.2) is 76.0 Å². The second-order valence-corrected chi connectivity index (χ2v) is 13.4. The molecule has 0 aliphatic rings. The second kappa shape index (κ2) is 15.4. The standard InChI is InChI=1S/C30H36N4O9S2/c1-20-17-26(41-4)21(2)22(3)27(20)45(39,40)34-29(31)33-44(37,38)16-15-25(28(35)42-18-23-11-7-5-8-12-23)32-30(36)43-19-24-13-9-6-10-14-24/h5-14,17,25H,15-16,18-19H2,1-4H3,(H,32,36)(H3,31,33,34)/t25-/m0/s1. The molecule has 0 fully saturated rings. The van der Waals surface area contributed by atoms with Gasteiger partial charge in [-0.15, -0.1) is 4.40 Å². The van der Waals surface area contributed by atoms with Crippen molar-refractivity contribution >= 4 is 38.1 Å². The molecule has 0 spiro atoms. The van der Waals surface area contributed by atoms with Crippen LogP contribution in [-0.4, -0.2) is 53.8 Å². The molecule has 45 heavy (non-hydrogen) atoms. The molecule has 3 aromatic rings. The third-order valence-corrected chi connectivity index (χ3v) is 9.50. The molecule has 0 aromatic heterocycles. The topological polar surface area (TPSA) is 193 Å². The second-order valence-electron chi connectivity index (χ2n) is 9.99. The van der Waals surface area contributed by atoms with E-state index >= 15 is 0 Å². The Morgan fingerprint density at radius 3 is 1.98 bits per heavy atom. The molecule has 3 rings (SSSR count). The van der Waals surface area contributed by atoms with Crippen LogP contribution in [0, 0.1) is 20.8 Å². The van der Waals surface area contributed by atoms with Crippen LogP contribution in [0.1, 0.15) is 34.2 Å². The molecule has 13 nitrogen and oxygen atoms in total. The van der Waals surface area contributed by atoms with Gasteiger partial charge in [-0.1, -0.05) is 60.7 Å². The van der Waals surface area contributed by atoms with Gasteiger partial charge in [-0.2, -0.15) is 8.42 Å². The number of alkyl carbamates (subject to hydrolysis) is 1. The van der Waals surface area contributed by atoms with Crippen molar-refractivity contribution in [2.75, 3.05) is 12.9 Å². The summed E-state index contributed by atoms with van der Waals surface area (Å²) in [6.45, 7) is 4.58. The number of sulfonamides is 2. The molecule has 1 amide bonds. The van der Waals surface area contributed by atoms with Crippen LogP contribution in [0.25, 0.3) is 0 Å². The Hall–Kier alpha value is -4.63.